The Morgan fingerprint density at radius 3 is 3.06 bits per heavy atom. The third kappa shape index (κ3) is 4.18. The molecule has 1 rings (SSSR count). The van der Waals surface area contributed by atoms with Crippen molar-refractivity contribution in [3.63, 3.8) is 0 Å². The van der Waals surface area contributed by atoms with Gasteiger partial charge in [0.2, 0.25) is 0 Å². The summed E-state index contributed by atoms with van der Waals surface area (Å²) < 4.78 is 4.57. The summed E-state index contributed by atoms with van der Waals surface area (Å²) in [6.45, 7) is 2.97. The average molecular weight is 221 g/mol. The molecule has 0 aliphatic heterocycles. The van der Waals surface area contributed by atoms with Gasteiger partial charge in [0, 0.05) is 24.9 Å². The molecule has 0 amide bonds. The van der Waals surface area contributed by atoms with Crippen LogP contribution >= 0.6 is 0 Å². The van der Waals surface area contributed by atoms with Gasteiger partial charge in [0.25, 0.3) is 0 Å². The number of carbonyl (C=O) groups is 1. The normalized spacial score (nSPS) is 11.2. The number of rotatable bonds is 5. The lowest BCUT2D eigenvalue weighted by atomic mass is 10.3. The van der Waals surface area contributed by atoms with Gasteiger partial charge in [0.05, 0.1) is 12.8 Å². The quantitative estimate of drug-likeness (QED) is 0.450. The van der Waals surface area contributed by atoms with E-state index in [-0.39, 0.29) is 5.97 Å². The Balaban J connectivity index is 2.29. The number of ether oxygens (including phenoxy) is 1. The van der Waals surface area contributed by atoms with E-state index >= 15 is 0 Å². The van der Waals surface area contributed by atoms with E-state index in [4.69, 9.17) is 0 Å². The summed E-state index contributed by atoms with van der Waals surface area (Å²) in [4.78, 5) is 18.9. The van der Waals surface area contributed by atoms with Crippen LogP contribution in [0.4, 0.5) is 0 Å². The van der Waals surface area contributed by atoms with Gasteiger partial charge < -0.3 is 10.1 Å². The van der Waals surface area contributed by atoms with Gasteiger partial charge in [-0.15, -0.1) is 0 Å². The molecule has 5 nitrogen and oxygen atoms in total. The van der Waals surface area contributed by atoms with Crippen LogP contribution in [-0.4, -0.2) is 29.6 Å². The fraction of sp³-hybridized carbons (Fsp3) is 0.364. The van der Waals surface area contributed by atoms with Crippen LogP contribution in [0, 0.1) is 0 Å². The molecule has 0 bridgehead atoms. The zero-order valence-corrected chi connectivity index (χ0v) is 9.43. The highest BCUT2D eigenvalue weighted by Gasteiger charge is 2.01. The summed E-state index contributed by atoms with van der Waals surface area (Å²) in [5, 5.41) is 3.14. The van der Waals surface area contributed by atoms with Gasteiger partial charge in [-0.2, -0.15) is 0 Å². The van der Waals surface area contributed by atoms with E-state index in [1.54, 1.807) is 19.2 Å². The Bertz CT molecular complexity index is 363. The minimum atomic E-state index is -0.302. The predicted octanol–water partition coefficient (Wildman–Crippen LogP) is 0.685. The van der Waals surface area contributed by atoms with Crippen molar-refractivity contribution >= 4 is 5.97 Å². The van der Waals surface area contributed by atoms with Gasteiger partial charge in [-0.3, -0.25) is 0 Å². The number of esters is 1. The molecular weight excluding hydrogens is 206 g/mol. The third-order valence-electron chi connectivity index (χ3n) is 2.01. The molecule has 1 aromatic rings. The number of aromatic nitrogens is 2. The molecule has 0 radical (unpaired) electrons. The van der Waals surface area contributed by atoms with Crippen molar-refractivity contribution in [2.75, 3.05) is 13.7 Å². The van der Waals surface area contributed by atoms with Crippen LogP contribution in [0.15, 0.2) is 30.2 Å². The van der Waals surface area contributed by atoms with E-state index in [1.807, 2.05) is 6.07 Å². The van der Waals surface area contributed by atoms with Crippen LogP contribution in [0.25, 0.3) is 0 Å². The van der Waals surface area contributed by atoms with Crippen LogP contribution in [0.2, 0.25) is 0 Å². The zero-order valence-electron chi connectivity index (χ0n) is 9.43. The van der Waals surface area contributed by atoms with Crippen molar-refractivity contribution in [2.24, 2.45) is 0 Å². The summed E-state index contributed by atoms with van der Waals surface area (Å²) in [5.41, 5.74) is 1.51. The van der Waals surface area contributed by atoms with Crippen molar-refractivity contribution in [3.05, 3.63) is 35.9 Å². The molecule has 16 heavy (non-hydrogen) atoms. The Morgan fingerprint density at radius 1 is 1.62 bits per heavy atom. The van der Waals surface area contributed by atoms with E-state index < -0.39 is 0 Å². The summed E-state index contributed by atoms with van der Waals surface area (Å²) in [5.74, 6) is -0.302. The standard InChI is InChI=1S/C11H15N3O2/c1-9(11(15)16-2)3-5-12-7-10-4-6-13-8-14-10/h3-4,6,8,12H,5,7H2,1-2H3/b9-3+. The molecule has 86 valence electrons. The fourth-order valence-corrected chi connectivity index (χ4v) is 1.09. The maximum absolute atomic E-state index is 11.0. The minimum Gasteiger partial charge on any atom is -0.466 e. The SMILES string of the molecule is COC(=O)/C(C)=C/CNCc1ccncn1. The van der Waals surface area contributed by atoms with Crippen LogP contribution in [0.1, 0.15) is 12.6 Å². The highest BCUT2D eigenvalue weighted by Crippen LogP contribution is 1.94. The molecule has 0 unspecified atom stereocenters. The number of hydrogen-bond donors (Lipinski definition) is 1. The van der Waals surface area contributed by atoms with Crippen molar-refractivity contribution < 1.29 is 9.53 Å². The second-order valence-corrected chi connectivity index (χ2v) is 3.21. The van der Waals surface area contributed by atoms with Crippen LogP contribution in [-0.2, 0) is 16.1 Å². The molecule has 0 atom stereocenters. The molecule has 0 spiro atoms. The van der Waals surface area contributed by atoms with Gasteiger partial charge >= 0.3 is 5.97 Å². The smallest absolute Gasteiger partial charge is 0.333 e. The Labute approximate surface area is 94.6 Å². The van der Waals surface area contributed by atoms with Gasteiger partial charge in [-0.05, 0) is 13.0 Å². The first-order chi connectivity index (χ1) is 7.74. The Kier molecular flexibility index (Phi) is 5.15. The monoisotopic (exact) mass is 221 g/mol. The minimum absolute atomic E-state index is 0.302. The second-order valence-electron chi connectivity index (χ2n) is 3.21. The lowest BCUT2D eigenvalue weighted by Gasteiger charge is -2.01. The number of nitrogens with one attached hydrogen (secondary N) is 1. The van der Waals surface area contributed by atoms with Gasteiger partial charge in [-0.25, -0.2) is 14.8 Å². The number of carbonyl (C=O) groups excluding carboxylic acids is 1. The maximum Gasteiger partial charge on any atom is 0.333 e. The van der Waals surface area contributed by atoms with E-state index in [9.17, 15) is 4.79 Å². The summed E-state index contributed by atoms with van der Waals surface area (Å²) in [6, 6.07) is 1.84. The fourth-order valence-electron chi connectivity index (χ4n) is 1.09. The maximum atomic E-state index is 11.0. The summed E-state index contributed by atoms with van der Waals surface area (Å²) >= 11 is 0. The first-order valence-corrected chi connectivity index (χ1v) is 4.94. The molecule has 0 saturated carbocycles. The number of nitrogens with zero attached hydrogens (tertiary/aromatic N) is 2. The number of hydrogen-bond acceptors (Lipinski definition) is 5. The molecular formula is C11H15N3O2. The van der Waals surface area contributed by atoms with Gasteiger partial charge in [-0.1, -0.05) is 6.08 Å². The van der Waals surface area contributed by atoms with E-state index in [0.717, 1.165) is 5.69 Å². The first kappa shape index (κ1) is 12.3. The van der Waals surface area contributed by atoms with Crippen molar-refractivity contribution in [2.45, 2.75) is 13.5 Å². The molecule has 5 heteroatoms. The second kappa shape index (κ2) is 6.68. The highest BCUT2D eigenvalue weighted by molar-refractivity contribution is 5.87. The Hall–Kier alpha value is -1.75. The lowest BCUT2D eigenvalue weighted by molar-refractivity contribution is -0.136. The van der Waals surface area contributed by atoms with E-state index in [0.29, 0.717) is 18.7 Å². The molecule has 0 aliphatic rings. The Morgan fingerprint density at radius 2 is 2.44 bits per heavy atom. The molecule has 1 N–H and O–H groups in total. The lowest BCUT2D eigenvalue weighted by Crippen LogP contribution is -2.15. The average Bonchev–Trinajstić information content (AvgIpc) is 2.34. The van der Waals surface area contributed by atoms with Crippen molar-refractivity contribution in [1.29, 1.82) is 0 Å². The molecule has 1 heterocycles. The van der Waals surface area contributed by atoms with Crippen molar-refractivity contribution in [1.82, 2.24) is 15.3 Å². The molecule has 1 aromatic heterocycles. The topological polar surface area (TPSA) is 64.1 Å². The first-order valence-electron chi connectivity index (χ1n) is 4.94. The van der Waals surface area contributed by atoms with Crippen LogP contribution in [0.5, 0.6) is 0 Å². The molecule has 0 aromatic carbocycles. The molecule has 0 fully saturated rings. The largest absolute Gasteiger partial charge is 0.466 e. The predicted molar refractivity (Wildman–Crippen MR) is 59.5 cm³/mol. The number of methoxy groups -OCH3 is 1. The van der Waals surface area contributed by atoms with E-state index in [2.05, 4.69) is 20.0 Å². The van der Waals surface area contributed by atoms with Gasteiger partial charge in [0.1, 0.15) is 6.33 Å². The van der Waals surface area contributed by atoms with Crippen LogP contribution in [0.3, 0.4) is 0 Å². The molecule has 0 aliphatic carbocycles. The van der Waals surface area contributed by atoms with Crippen molar-refractivity contribution in [3.8, 4) is 0 Å². The van der Waals surface area contributed by atoms with Gasteiger partial charge in [0.15, 0.2) is 0 Å². The third-order valence-corrected chi connectivity index (χ3v) is 2.01. The highest BCUT2D eigenvalue weighted by atomic mass is 16.5. The van der Waals surface area contributed by atoms with Crippen LogP contribution < -0.4 is 5.32 Å². The summed E-state index contributed by atoms with van der Waals surface area (Å²) in [7, 11) is 1.37. The zero-order chi connectivity index (χ0) is 11.8. The molecule has 0 saturated heterocycles. The summed E-state index contributed by atoms with van der Waals surface area (Å²) in [6.07, 6.45) is 4.99. The van der Waals surface area contributed by atoms with E-state index in [1.165, 1.54) is 13.4 Å².